The summed E-state index contributed by atoms with van der Waals surface area (Å²) in [4.78, 5) is 0. The molecule has 104 valence electrons. The molecule has 0 amide bonds. The molecule has 5 rings (SSSR count). The molecule has 0 radical (unpaired) electrons. The first-order valence-electron chi connectivity index (χ1n) is 7.68. The van der Waals surface area contributed by atoms with Gasteiger partial charge in [0, 0.05) is 5.56 Å². The van der Waals surface area contributed by atoms with Gasteiger partial charge in [-0.2, -0.15) is 5.10 Å². The van der Waals surface area contributed by atoms with Crippen LogP contribution in [0, 0.1) is 23.7 Å². The Morgan fingerprint density at radius 1 is 1.16 bits per heavy atom. The molecule has 0 spiro atoms. The average molecular weight is 261 g/mol. The molecule has 4 saturated carbocycles. The number of aromatic nitrogens is 2. The van der Waals surface area contributed by atoms with Crippen molar-refractivity contribution in [2.45, 2.75) is 44.6 Å². The lowest BCUT2D eigenvalue weighted by atomic mass is 9.51. The van der Waals surface area contributed by atoms with Crippen molar-refractivity contribution in [1.29, 1.82) is 0 Å². The van der Waals surface area contributed by atoms with E-state index in [0.717, 1.165) is 29.5 Å². The molecule has 4 nitrogen and oxygen atoms in total. The third-order valence-electron chi connectivity index (χ3n) is 5.81. The average Bonchev–Trinajstić information content (AvgIpc) is 2.71. The fourth-order valence-corrected chi connectivity index (χ4v) is 5.37. The van der Waals surface area contributed by atoms with E-state index in [4.69, 9.17) is 10.8 Å². The number of aliphatic hydroxyl groups excluding tert-OH is 1. The number of nitrogens with two attached hydrogens (primary N) is 1. The molecule has 4 heteroatoms. The summed E-state index contributed by atoms with van der Waals surface area (Å²) in [5.41, 5.74) is 7.52. The molecule has 4 fully saturated rings. The van der Waals surface area contributed by atoms with Crippen molar-refractivity contribution in [1.82, 2.24) is 9.78 Å². The third kappa shape index (κ3) is 1.72. The van der Waals surface area contributed by atoms with Crippen LogP contribution in [0.15, 0.2) is 6.20 Å². The summed E-state index contributed by atoms with van der Waals surface area (Å²) in [6, 6.07) is 0. The first-order valence-corrected chi connectivity index (χ1v) is 7.68. The van der Waals surface area contributed by atoms with E-state index in [0.29, 0.717) is 12.5 Å². The van der Waals surface area contributed by atoms with E-state index in [1.165, 1.54) is 37.7 Å². The highest BCUT2D eigenvalue weighted by atomic mass is 16.3. The lowest BCUT2D eigenvalue weighted by Gasteiger charge is -2.54. The number of hydrogen-bond acceptors (Lipinski definition) is 3. The maximum atomic E-state index is 9.05. The van der Waals surface area contributed by atoms with Crippen LogP contribution in [-0.4, -0.2) is 21.5 Å². The lowest BCUT2D eigenvalue weighted by Crippen LogP contribution is -2.43. The largest absolute Gasteiger partial charge is 0.394 e. The van der Waals surface area contributed by atoms with Gasteiger partial charge in [-0.05, 0) is 61.7 Å². The molecule has 0 unspecified atom stereocenters. The fourth-order valence-electron chi connectivity index (χ4n) is 5.37. The molecule has 0 saturated heterocycles. The van der Waals surface area contributed by atoms with Crippen LogP contribution >= 0.6 is 0 Å². The van der Waals surface area contributed by atoms with E-state index in [1.807, 2.05) is 6.20 Å². The third-order valence-corrected chi connectivity index (χ3v) is 5.81. The molecule has 1 aromatic heterocycles. The van der Waals surface area contributed by atoms with E-state index in [-0.39, 0.29) is 6.61 Å². The van der Waals surface area contributed by atoms with E-state index in [2.05, 4.69) is 5.10 Å². The Bertz CT molecular complexity index is 454. The molecule has 3 N–H and O–H groups in total. The first-order chi connectivity index (χ1) is 9.26. The quantitative estimate of drug-likeness (QED) is 0.874. The van der Waals surface area contributed by atoms with Gasteiger partial charge in [-0.25, -0.2) is 4.68 Å². The SMILES string of the molecule is Nc1c(C2C3CC4CC(C3)CC2C4)cnn1CCO. The van der Waals surface area contributed by atoms with Crippen molar-refractivity contribution >= 4 is 5.82 Å². The van der Waals surface area contributed by atoms with Gasteiger partial charge in [-0.15, -0.1) is 0 Å². The number of rotatable bonds is 3. The predicted molar refractivity (Wildman–Crippen MR) is 73.5 cm³/mol. The Hall–Kier alpha value is -1.03. The molecule has 1 heterocycles. The van der Waals surface area contributed by atoms with E-state index >= 15 is 0 Å². The van der Waals surface area contributed by atoms with Gasteiger partial charge >= 0.3 is 0 Å². The Morgan fingerprint density at radius 3 is 2.37 bits per heavy atom. The van der Waals surface area contributed by atoms with Gasteiger partial charge < -0.3 is 10.8 Å². The summed E-state index contributed by atoms with van der Waals surface area (Å²) >= 11 is 0. The van der Waals surface area contributed by atoms with Gasteiger partial charge in [0.2, 0.25) is 0 Å². The van der Waals surface area contributed by atoms with Gasteiger partial charge in [-0.3, -0.25) is 0 Å². The smallest absolute Gasteiger partial charge is 0.125 e. The van der Waals surface area contributed by atoms with Crippen molar-refractivity contribution in [3.8, 4) is 0 Å². The highest BCUT2D eigenvalue weighted by Gasteiger charge is 2.49. The molecule has 0 atom stereocenters. The number of hydrogen-bond donors (Lipinski definition) is 2. The maximum absolute atomic E-state index is 9.05. The number of nitrogens with zero attached hydrogens (tertiary/aromatic N) is 2. The first kappa shape index (κ1) is 11.8. The van der Waals surface area contributed by atoms with E-state index in [9.17, 15) is 0 Å². The van der Waals surface area contributed by atoms with Gasteiger partial charge in [-0.1, -0.05) is 0 Å². The normalized spacial score (nSPS) is 39.9. The monoisotopic (exact) mass is 261 g/mol. The molecule has 4 aliphatic rings. The second-order valence-corrected chi connectivity index (χ2v) is 6.89. The van der Waals surface area contributed by atoms with Crippen LogP contribution in [0.1, 0.15) is 43.6 Å². The zero-order chi connectivity index (χ0) is 13.0. The Balaban J connectivity index is 1.65. The second kappa shape index (κ2) is 4.23. The minimum Gasteiger partial charge on any atom is -0.394 e. The van der Waals surface area contributed by atoms with Crippen molar-refractivity contribution in [3.05, 3.63) is 11.8 Å². The van der Waals surface area contributed by atoms with Crippen LogP contribution < -0.4 is 5.73 Å². The maximum Gasteiger partial charge on any atom is 0.125 e. The van der Waals surface area contributed by atoms with Crippen molar-refractivity contribution in [2.24, 2.45) is 23.7 Å². The minimum absolute atomic E-state index is 0.104. The Kier molecular flexibility index (Phi) is 2.62. The zero-order valence-electron chi connectivity index (χ0n) is 11.3. The van der Waals surface area contributed by atoms with Crippen LogP contribution in [0.4, 0.5) is 5.82 Å². The molecule has 4 bridgehead atoms. The summed E-state index contributed by atoms with van der Waals surface area (Å²) in [6.45, 7) is 0.617. The summed E-state index contributed by atoms with van der Waals surface area (Å²) in [7, 11) is 0. The molecule has 4 aliphatic carbocycles. The molecular formula is C15H23N3O. The number of anilines is 1. The van der Waals surface area contributed by atoms with Crippen molar-refractivity contribution in [2.75, 3.05) is 12.3 Å². The van der Waals surface area contributed by atoms with Gasteiger partial charge in [0.05, 0.1) is 19.3 Å². The minimum atomic E-state index is 0.104. The lowest BCUT2D eigenvalue weighted by molar-refractivity contribution is -0.00257. The second-order valence-electron chi connectivity index (χ2n) is 6.89. The predicted octanol–water partition coefficient (Wildman–Crippen LogP) is 2.00. The summed E-state index contributed by atoms with van der Waals surface area (Å²) in [5.74, 6) is 5.10. The van der Waals surface area contributed by atoms with E-state index in [1.54, 1.807) is 4.68 Å². The summed E-state index contributed by atoms with van der Waals surface area (Å²) in [6.07, 6.45) is 9.08. The number of nitrogen functional groups attached to an aromatic ring is 1. The fraction of sp³-hybridized carbons (Fsp3) is 0.800. The topological polar surface area (TPSA) is 64.1 Å². The van der Waals surface area contributed by atoms with E-state index < -0.39 is 0 Å². The van der Waals surface area contributed by atoms with Crippen molar-refractivity contribution < 1.29 is 5.11 Å². The summed E-state index contributed by atoms with van der Waals surface area (Å²) < 4.78 is 1.76. The highest BCUT2D eigenvalue weighted by molar-refractivity contribution is 5.43. The van der Waals surface area contributed by atoms with Crippen LogP contribution in [0.5, 0.6) is 0 Å². The van der Waals surface area contributed by atoms with Crippen LogP contribution in [0.3, 0.4) is 0 Å². The molecule has 19 heavy (non-hydrogen) atoms. The van der Waals surface area contributed by atoms with Gasteiger partial charge in [0.15, 0.2) is 0 Å². The Labute approximate surface area is 114 Å². The molecule has 0 aliphatic heterocycles. The molecule has 0 aromatic carbocycles. The summed E-state index contributed by atoms with van der Waals surface area (Å²) in [5, 5.41) is 13.4. The number of aliphatic hydroxyl groups is 1. The molecular weight excluding hydrogens is 238 g/mol. The highest BCUT2D eigenvalue weighted by Crippen LogP contribution is 2.60. The van der Waals surface area contributed by atoms with Crippen molar-refractivity contribution in [3.63, 3.8) is 0 Å². The van der Waals surface area contributed by atoms with Crippen LogP contribution in [0.25, 0.3) is 0 Å². The van der Waals surface area contributed by atoms with Gasteiger partial charge in [0.25, 0.3) is 0 Å². The van der Waals surface area contributed by atoms with Gasteiger partial charge in [0.1, 0.15) is 5.82 Å². The standard InChI is InChI=1S/C15H23N3O/c16-15-13(8-17-18(15)1-2-19)14-11-4-9-3-10(6-11)7-12(14)5-9/h8-12,14,19H,1-7,16H2. The Morgan fingerprint density at radius 2 is 1.79 bits per heavy atom. The van der Waals surface area contributed by atoms with Crippen LogP contribution in [0.2, 0.25) is 0 Å². The molecule has 1 aromatic rings. The van der Waals surface area contributed by atoms with Crippen LogP contribution in [-0.2, 0) is 6.54 Å². The zero-order valence-corrected chi connectivity index (χ0v) is 11.3.